The minimum atomic E-state index is -5.02. The molecule has 7 atom stereocenters. The number of nitriles is 1. The number of benzene rings is 1. The molecular formula is C29H33F6N5O4. The number of halogens is 6. The lowest BCUT2D eigenvalue weighted by atomic mass is 9.98. The molecule has 3 saturated heterocycles. The molecular weight excluding hydrogens is 596 g/mol. The van der Waals surface area contributed by atoms with Crippen LogP contribution in [0.4, 0.5) is 31.1 Å². The number of piperazine rings is 1. The van der Waals surface area contributed by atoms with Gasteiger partial charge in [-0.3, -0.25) is 14.5 Å². The number of ether oxygens (including phenoxy) is 1. The fourth-order valence-electron chi connectivity index (χ4n) is 6.72. The third-order valence-corrected chi connectivity index (χ3v) is 8.74. The van der Waals surface area contributed by atoms with E-state index in [1.54, 1.807) is 25.7 Å². The minimum absolute atomic E-state index is 0.0474. The predicted molar refractivity (Wildman–Crippen MR) is 141 cm³/mol. The molecule has 5 rings (SSSR count). The monoisotopic (exact) mass is 629 g/mol. The number of alkyl carbamates (subject to hydrolysis) is 1. The van der Waals surface area contributed by atoms with Crippen LogP contribution in [0.15, 0.2) is 18.2 Å². The van der Waals surface area contributed by atoms with Gasteiger partial charge in [0, 0.05) is 25.2 Å². The van der Waals surface area contributed by atoms with E-state index in [-0.39, 0.29) is 43.1 Å². The second-order valence-electron chi connectivity index (χ2n) is 13.0. The molecule has 15 heteroatoms. The largest absolute Gasteiger partial charge is 0.444 e. The Kier molecular flexibility index (Phi) is 7.83. The Hall–Kier alpha value is -3.54. The second kappa shape index (κ2) is 10.8. The molecule has 240 valence electrons. The molecule has 44 heavy (non-hydrogen) atoms. The summed E-state index contributed by atoms with van der Waals surface area (Å²) in [5.41, 5.74) is -4.08. The SMILES string of the molecule is C[C@@H](c1cc(C(F)(F)F)cc(C(F)(F)F)c1)N1C(=O)C2C[C@@H]1CN2CC(NC(=O)OC(C)(C)C)C(=O)N1C(C#N)C[C@@H]2C[C@@H]21. The number of rotatable bonds is 6. The summed E-state index contributed by atoms with van der Waals surface area (Å²) in [6, 6.07) is -0.896. The maximum atomic E-state index is 13.7. The average molecular weight is 630 g/mol. The molecule has 4 fully saturated rings. The van der Waals surface area contributed by atoms with Crippen molar-refractivity contribution < 1.29 is 45.5 Å². The summed E-state index contributed by atoms with van der Waals surface area (Å²) in [5, 5.41) is 12.2. The number of fused-ring (bicyclic) bond motifs is 3. The molecule has 3 unspecified atom stereocenters. The molecule has 3 aliphatic heterocycles. The van der Waals surface area contributed by atoms with Crippen molar-refractivity contribution in [3.8, 4) is 6.07 Å². The standard InChI is InChI=1S/C29H33F6N5O4/c1-14(15-5-17(28(30,31)32)9-18(6-15)29(33,34)35)39-20-10-23(25(39)42)38(12-20)13-21(37-26(43)44-27(2,3)4)24(41)40-19(11-36)7-16-8-22(16)40/h5-6,9,14,16,19-23H,7-8,10,12-13H2,1-4H3,(H,37,43)/t14-,16+,19?,20+,21?,22-,23?/m0/s1. The fraction of sp³-hybridized carbons (Fsp3) is 0.655. The molecule has 2 bridgehead atoms. The summed E-state index contributed by atoms with van der Waals surface area (Å²) in [6.45, 7) is 6.43. The zero-order valence-corrected chi connectivity index (χ0v) is 24.5. The van der Waals surface area contributed by atoms with E-state index >= 15 is 0 Å². The summed E-state index contributed by atoms with van der Waals surface area (Å²) >= 11 is 0. The Balaban J connectivity index is 1.35. The number of piperidine rings is 1. The summed E-state index contributed by atoms with van der Waals surface area (Å²) < 4.78 is 86.1. The molecule has 1 N–H and O–H groups in total. The van der Waals surface area contributed by atoms with E-state index in [4.69, 9.17) is 4.74 Å². The molecule has 4 aliphatic rings. The van der Waals surface area contributed by atoms with Gasteiger partial charge in [0.25, 0.3) is 0 Å². The molecule has 0 aromatic heterocycles. The number of hydrogen-bond donors (Lipinski definition) is 1. The van der Waals surface area contributed by atoms with Crippen molar-refractivity contribution in [3.63, 3.8) is 0 Å². The van der Waals surface area contributed by atoms with Crippen LogP contribution in [0.1, 0.15) is 69.7 Å². The van der Waals surface area contributed by atoms with Crippen molar-refractivity contribution in [2.75, 3.05) is 13.1 Å². The van der Waals surface area contributed by atoms with E-state index in [9.17, 15) is 46.0 Å². The first kappa shape index (κ1) is 31.9. The highest BCUT2D eigenvalue weighted by Gasteiger charge is 2.57. The van der Waals surface area contributed by atoms with Crippen LogP contribution in [-0.2, 0) is 26.7 Å². The lowest BCUT2D eigenvalue weighted by Gasteiger charge is -2.39. The number of hydrogen-bond acceptors (Lipinski definition) is 6. The summed E-state index contributed by atoms with van der Waals surface area (Å²) in [6.07, 6.45) is -9.36. The number of likely N-dealkylation sites (tertiary alicyclic amines) is 3. The van der Waals surface area contributed by atoms with Crippen molar-refractivity contribution in [2.24, 2.45) is 5.92 Å². The molecule has 9 nitrogen and oxygen atoms in total. The van der Waals surface area contributed by atoms with Crippen molar-refractivity contribution in [2.45, 2.75) is 101 Å². The van der Waals surface area contributed by atoms with Crippen molar-refractivity contribution >= 4 is 17.9 Å². The molecule has 0 spiro atoms. The van der Waals surface area contributed by atoms with Crippen LogP contribution in [0, 0.1) is 17.2 Å². The number of alkyl halides is 6. The number of amides is 3. The van der Waals surface area contributed by atoms with Crippen LogP contribution >= 0.6 is 0 Å². The third-order valence-electron chi connectivity index (χ3n) is 8.74. The van der Waals surface area contributed by atoms with Crippen LogP contribution in [0.2, 0.25) is 0 Å². The van der Waals surface area contributed by atoms with E-state index in [0.29, 0.717) is 18.6 Å². The zero-order chi connectivity index (χ0) is 32.5. The fourth-order valence-corrected chi connectivity index (χ4v) is 6.72. The van der Waals surface area contributed by atoms with Gasteiger partial charge < -0.3 is 19.9 Å². The average Bonchev–Trinajstić information content (AvgIpc) is 3.22. The van der Waals surface area contributed by atoms with E-state index < -0.39 is 77.2 Å². The lowest BCUT2D eigenvalue weighted by Crippen LogP contribution is -2.59. The second-order valence-corrected chi connectivity index (χ2v) is 13.0. The van der Waals surface area contributed by atoms with Crippen LogP contribution in [0.5, 0.6) is 0 Å². The topological polar surface area (TPSA) is 106 Å². The quantitative estimate of drug-likeness (QED) is 0.466. The van der Waals surface area contributed by atoms with Gasteiger partial charge in [0.05, 0.1) is 29.3 Å². The van der Waals surface area contributed by atoms with E-state index in [0.717, 1.165) is 6.42 Å². The van der Waals surface area contributed by atoms with Crippen LogP contribution in [-0.4, -0.2) is 81.5 Å². The number of nitrogens with zero attached hydrogens (tertiary/aromatic N) is 4. The predicted octanol–water partition coefficient (Wildman–Crippen LogP) is 4.48. The van der Waals surface area contributed by atoms with Gasteiger partial charge in [0.2, 0.25) is 11.8 Å². The molecule has 1 aliphatic carbocycles. The van der Waals surface area contributed by atoms with Crippen LogP contribution in [0.25, 0.3) is 0 Å². The molecule has 3 heterocycles. The Bertz CT molecular complexity index is 1350. The summed E-state index contributed by atoms with van der Waals surface area (Å²) in [4.78, 5) is 44.4. The van der Waals surface area contributed by atoms with E-state index in [2.05, 4.69) is 11.4 Å². The molecule has 0 radical (unpaired) electrons. The summed E-state index contributed by atoms with van der Waals surface area (Å²) in [5.74, 6) is -0.753. The Morgan fingerprint density at radius 1 is 1.05 bits per heavy atom. The Labute approximate surface area is 250 Å². The van der Waals surface area contributed by atoms with Gasteiger partial charge in [-0.15, -0.1) is 0 Å². The smallest absolute Gasteiger partial charge is 0.416 e. The first-order valence-electron chi connectivity index (χ1n) is 14.4. The Morgan fingerprint density at radius 2 is 1.66 bits per heavy atom. The van der Waals surface area contributed by atoms with Gasteiger partial charge in [-0.1, -0.05) is 0 Å². The van der Waals surface area contributed by atoms with Gasteiger partial charge in [0.1, 0.15) is 17.7 Å². The minimum Gasteiger partial charge on any atom is -0.444 e. The van der Waals surface area contributed by atoms with Crippen LogP contribution < -0.4 is 5.32 Å². The molecule has 3 amide bonds. The zero-order valence-electron chi connectivity index (χ0n) is 24.5. The molecule has 1 saturated carbocycles. The number of nitrogens with one attached hydrogen (secondary N) is 1. The van der Waals surface area contributed by atoms with E-state index in [1.807, 2.05) is 0 Å². The molecule has 1 aromatic carbocycles. The molecule has 1 aromatic rings. The van der Waals surface area contributed by atoms with Gasteiger partial charge in [-0.25, -0.2) is 4.79 Å². The van der Waals surface area contributed by atoms with Gasteiger partial charge in [-0.05, 0) is 76.6 Å². The van der Waals surface area contributed by atoms with E-state index in [1.165, 1.54) is 16.7 Å². The highest BCUT2D eigenvalue weighted by atomic mass is 19.4. The van der Waals surface area contributed by atoms with Gasteiger partial charge >= 0.3 is 18.4 Å². The van der Waals surface area contributed by atoms with Gasteiger partial charge in [-0.2, -0.15) is 31.6 Å². The summed E-state index contributed by atoms with van der Waals surface area (Å²) in [7, 11) is 0. The first-order chi connectivity index (χ1) is 20.3. The highest BCUT2D eigenvalue weighted by molar-refractivity contribution is 5.89. The van der Waals surface area contributed by atoms with Gasteiger partial charge in [0.15, 0.2) is 0 Å². The van der Waals surface area contributed by atoms with Crippen molar-refractivity contribution in [1.82, 2.24) is 20.0 Å². The third kappa shape index (κ3) is 6.18. The Morgan fingerprint density at radius 3 is 2.18 bits per heavy atom. The van der Waals surface area contributed by atoms with Crippen LogP contribution in [0.3, 0.4) is 0 Å². The lowest BCUT2D eigenvalue weighted by molar-refractivity contribution is -0.143. The maximum Gasteiger partial charge on any atom is 0.416 e. The number of carbonyl (C=O) groups excluding carboxylic acids is 3. The van der Waals surface area contributed by atoms with Crippen molar-refractivity contribution in [1.29, 1.82) is 5.26 Å². The normalized spacial score (nSPS) is 28.0. The maximum absolute atomic E-state index is 13.7. The highest BCUT2D eigenvalue weighted by Crippen LogP contribution is 2.48. The number of carbonyl (C=O) groups is 3. The van der Waals surface area contributed by atoms with Crippen molar-refractivity contribution in [3.05, 3.63) is 34.9 Å². The first-order valence-corrected chi connectivity index (χ1v) is 14.4.